The lowest BCUT2D eigenvalue weighted by Crippen LogP contribution is -1.70. The van der Waals surface area contributed by atoms with E-state index in [2.05, 4.69) is 20.9 Å². The largest absolute Gasteiger partial charge is 0.241 e. The third-order valence-corrected chi connectivity index (χ3v) is 3.40. The van der Waals surface area contributed by atoms with Gasteiger partial charge in [-0.05, 0) is 19.1 Å². The fourth-order valence-corrected chi connectivity index (χ4v) is 2.78. The predicted molar refractivity (Wildman–Crippen MR) is 57.1 cm³/mol. The number of rotatable bonds is 0. The Morgan fingerprint density at radius 1 is 1.50 bits per heavy atom. The number of fused-ring (bicyclic) bond motifs is 1. The van der Waals surface area contributed by atoms with E-state index in [1.807, 2.05) is 19.1 Å². The van der Waals surface area contributed by atoms with Crippen molar-refractivity contribution in [3.63, 3.8) is 0 Å². The Morgan fingerprint density at radius 2 is 2.25 bits per heavy atom. The summed E-state index contributed by atoms with van der Waals surface area (Å²) >= 11 is 11.0. The van der Waals surface area contributed by atoms with E-state index in [0.29, 0.717) is 0 Å². The third kappa shape index (κ3) is 1.37. The fourth-order valence-electron chi connectivity index (χ4n) is 1.07. The number of benzene rings is 1. The van der Waals surface area contributed by atoms with E-state index in [0.717, 1.165) is 24.7 Å². The van der Waals surface area contributed by atoms with Gasteiger partial charge in [-0.15, -0.1) is 11.3 Å². The molecule has 0 aliphatic carbocycles. The van der Waals surface area contributed by atoms with Gasteiger partial charge < -0.3 is 0 Å². The molecule has 0 fully saturated rings. The van der Waals surface area contributed by atoms with Crippen LogP contribution in [0.2, 0.25) is 5.02 Å². The van der Waals surface area contributed by atoms with Gasteiger partial charge in [-0.25, -0.2) is 4.98 Å². The molecule has 0 saturated carbocycles. The summed E-state index contributed by atoms with van der Waals surface area (Å²) < 4.78 is 2.04. The highest BCUT2D eigenvalue weighted by Gasteiger charge is 2.05. The molecule has 62 valence electrons. The van der Waals surface area contributed by atoms with Crippen molar-refractivity contribution >= 4 is 49.1 Å². The molecular formula is C8H5BrClNS. The topological polar surface area (TPSA) is 12.9 Å². The minimum absolute atomic E-state index is 0.768. The van der Waals surface area contributed by atoms with Gasteiger partial charge in [0.1, 0.15) is 0 Å². The molecule has 0 radical (unpaired) electrons. The van der Waals surface area contributed by atoms with Crippen LogP contribution in [0.1, 0.15) is 5.01 Å². The summed E-state index contributed by atoms with van der Waals surface area (Å²) in [7, 11) is 0. The van der Waals surface area contributed by atoms with E-state index in [1.165, 1.54) is 0 Å². The van der Waals surface area contributed by atoms with Crippen LogP contribution in [-0.4, -0.2) is 4.98 Å². The fraction of sp³-hybridized carbons (Fsp3) is 0.125. The molecule has 0 saturated heterocycles. The first-order valence-corrected chi connectivity index (χ1v) is 5.38. The average molecular weight is 263 g/mol. The molecule has 2 aromatic rings. The van der Waals surface area contributed by atoms with Gasteiger partial charge in [-0.1, -0.05) is 27.5 Å². The van der Waals surface area contributed by atoms with Crippen LogP contribution >= 0.6 is 38.9 Å². The lowest BCUT2D eigenvalue weighted by Gasteiger charge is -1.92. The molecule has 0 unspecified atom stereocenters. The predicted octanol–water partition coefficient (Wildman–Crippen LogP) is 4.02. The molecule has 0 spiro atoms. The molecule has 0 bridgehead atoms. The highest BCUT2D eigenvalue weighted by Crippen LogP contribution is 2.31. The number of aryl methyl sites for hydroxylation is 1. The van der Waals surface area contributed by atoms with Crippen molar-refractivity contribution in [1.82, 2.24) is 4.98 Å². The minimum atomic E-state index is 0.768. The monoisotopic (exact) mass is 261 g/mol. The molecule has 0 atom stereocenters. The Hall–Kier alpha value is -0.120. The van der Waals surface area contributed by atoms with E-state index in [-0.39, 0.29) is 0 Å². The van der Waals surface area contributed by atoms with Gasteiger partial charge in [0.2, 0.25) is 0 Å². The zero-order valence-corrected chi connectivity index (χ0v) is 9.42. The second kappa shape index (κ2) is 2.98. The Balaban J connectivity index is 2.88. The van der Waals surface area contributed by atoms with Gasteiger partial charge in [0.05, 0.1) is 20.2 Å². The van der Waals surface area contributed by atoms with Crippen molar-refractivity contribution in [3.8, 4) is 0 Å². The van der Waals surface area contributed by atoms with Gasteiger partial charge >= 0.3 is 0 Å². The number of nitrogens with zero attached hydrogens (tertiary/aromatic N) is 1. The molecule has 1 aromatic carbocycles. The lowest BCUT2D eigenvalue weighted by atomic mass is 10.3. The van der Waals surface area contributed by atoms with Gasteiger partial charge in [0.15, 0.2) is 0 Å². The summed E-state index contributed by atoms with van der Waals surface area (Å²) in [4.78, 5) is 4.34. The summed E-state index contributed by atoms with van der Waals surface area (Å²) in [6.45, 7) is 1.98. The van der Waals surface area contributed by atoms with Crippen molar-refractivity contribution < 1.29 is 0 Å². The molecule has 4 heteroatoms. The summed E-state index contributed by atoms with van der Waals surface area (Å²) in [5, 5.41) is 1.81. The van der Waals surface area contributed by atoms with E-state index in [1.54, 1.807) is 11.3 Å². The highest BCUT2D eigenvalue weighted by atomic mass is 79.9. The highest BCUT2D eigenvalue weighted by molar-refractivity contribution is 9.10. The van der Waals surface area contributed by atoms with Crippen LogP contribution in [0.25, 0.3) is 10.2 Å². The maximum Gasteiger partial charge on any atom is 0.0908 e. The molecule has 0 aliphatic heterocycles. The third-order valence-electron chi connectivity index (χ3n) is 1.52. The van der Waals surface area contributed by atoms with Crippen LogP contribution in [0.4, 0.5) is 0 Å². The molecule has 2 rings (SSSR count). The van der Waals surface area contributed by atoms with Crippen LogP contribution in [0.5, 0.6) is 0 Å². The number of hydrogen-bond acceptors (Lipinski definition) is 2. The van der Waals surface area contributed by atoms with Crippen molar-refractivity contribution in [1.29, 1.82) is 0 Å². The van der Waals surface area contributed by atoms with Crippen LogP contribution in [0.3, 0.4) is 0 Å². The van der Waals surface area contributed by atoms with Crippen LogP contribution in [0, 0.1) is 6.92 Å². The van der Waals surface area contributed by atoms with Crippen molar-refractivity contribution in [2.45, 2.75) is 6.92 Å². The zero-order chi connectivity index (χ0) is 8.72. The molecule has 1 heterocycles. The summed E-state index contributed by atoms with van der Waals surface area (Å²) in [5.41, 5.74) is 0.969. The summed E-state index contributed by atoms with van der Waals surface area (Å²) in [6, 6.07) is 3.87. The first-order chi connectivity index (χ1) is 5.66. The summed E-state index contributed by atoms with van der Waals surface area (Å²) in [5.74, 6) is 0. The van der Waals surface area contributed by atoms with Gasteiger partial charge in [-0.2, -0.15) is 0 Å². The molecule has 0 N–H and O–H groups in total. The Bertz CT molecular complexity index is 438. The van der Waals surface area contributed by atoms with Crippen LogP contribution in [0.15, 0.2) is 16.6 Å². The minimum Gasteiger partial charge on any atom is -0.241 e. The second-order valence-corrected chi connectivity index (χ2v) is 4.99. The zero-order valence-electron chi connectivity index (χ0n) is 6.27. The van der Waals surface area contributed by atoms with E-state index in [4.69, 9.17) is 11.6 Å². The maximum absolute atomic E-state index is 6.02. The number of aromatic nitrogens is 1. The van der Waals surface area contributed by atoms with Gasteiger partial charge in [0.25, 0.3) is 0 Å². The molecule has 0 aliphatic rings. The molecule has 1 aromatic heterocycles. The molecule has 12 heavy (non-hydrogen) atoms. The van der Waals surface area contributed by atoms with Gasteiger partial charge in [-0.3, -0.25) is 0 Å². The standard InChI is InChI=1S/C8H5BrClNS/c1-4-11-7-3-5(9)2-6(10)8(7)12-4/h2-3H,1H3. The second-order valence-electron chi connectivity index (χ2n) is 2.47. The van der Waals surface area contributed by atoms with E-state index >= 15 is 0 Å². The quantitative estimate of drug-likeness (QED) is 0.699. The smallest absolute Gasteiger partial charge is 0.0908 e. The Labute approximate surface area is 87.5 Å². The Kier molecular flexibility index (Phi) is 2.10. The van der Waals surface area contributed by atoms with Crippen LogP contribution < -0.4 is 0 Å². The van der Waals surface area contributed by atoms with Crippen molar-refractivity contribution in [2.75, 3.05) is 0 Å². The number of halogens is 2. The molecule has 1 nitrogen and oxygen atoms in total. The SMILES string of the molecule is Cc1nc2cc(Br)cc(Cl)c2s1. The lowest BCUT2D eigenvalue weighted by molar-refractivity contribution is 1.34. The summed E-state index contributed by atoms with van der Waals surface area (Å²) in [6.07, 6.45) is 0. The number of thiazole rings is 1. The first-order valence-electron chi connectivity index (χ1n) is 3.39. The molecular weight excluding hydrogens is 258 g/mol. The van der Waals surface area contributed by atoms with E-state index in [9.17, 15) is 0 Å². The van der Waals surface area contributed by atoms with Crippen molar-refractivity contribution in [2.24, 2.45) is 0 Å². The Morgan fingerprint density at radius 3 is 3.00 bits per heavy atom. The van der Waals surface area contributed by atoms with Crippen LogP contribution in [-0.2, 0) is 0 Å². The van der Waals surface area contributed by atoms with E-state index < -0.39 is 0 Å². The van der Waals surface area contributed by atoms with Gasteiger partial charge in [0, 0.05) is 4.47 Å². The maximum atomic E-state index is 6.02. The molecule has 0 amide bonds. The number of hydrogen-bond donors (Lipinski definition) is 0. The normalized spacial score (nSPS) is 10.9. The van der Waals surface area contributed by atoms with Crippen molar-refractivity contribution in [3.05, 3.63) is 26.6 Å². The average Bonchev–Trinajstić information content (AvgIpc) is 2.29. The first kappa shape index (κ1) is 8.48.